The number of anilines is 2. The van der Waals surface area contributed by atoms with Crippen molar-refractivity contribution in [3.05, 3.63) is 64.6 Å². The maximum Gasteiger partial charge on any atom is 0.337 e. The van der Waals surface area contributed by atoms with E-state index >= 15 is 0 Å². The van der Waals surface area contributed by atoms with Crippen molar-refractivity contribution in [3.63, 3.8) is 0 Å². The van der Waals surface area contributed by atoms with Crippen LogP contribution in [0.2, 0.25) is 0 Å². The van der Waals surface area contributed by atoms with E-state index in [-0.39, 0.29) is 24.1 Å². The first-order valence-electron chi connectivity index (χ1n) is 9.47. The fraction of sp³-hybridized carbons (Fsp3) is 0.238. The summed E-state index contributed by atoms with van der Waals surface area (Å²) in [5, 5.41) is 5.41. The number of hydrogen-bond acceptors (Lipinski definition) is 5. The van der Waals surface area contributed by atoms with E-state index in [0.29, 0.717) is 11.4 Å². The number of carbonyl (C=O) groups excluding carboxylic acids is 1. The number of carbonyl (C=O) groups is 1. The van der Waals surface area contributed by atoms with Crippen LogP contribution >= 0.6 is 18.9 Å². The molecule has 9 heteroatoms. The maximum atomic E-state index is 12.7. The van der Waals surface area contributed by atoms with Crippen LogP contribution in [0, 0.1) is 0 Å². The third-order valence-corrected chi connectivity index (χ3v) is 8.05. The van der Waals surface area contributed by atoms with Gasteiger partial charge in [-0.05, 0) is 65.1 Å². The number of nitrogen functional groups attached to an aromatic ring is 1. The number of pyridine rings is 1. The molecule has 1 aromatic carbocycles. The van der Waals surface area contributed by atoms with E-state index in [1.165, 1.54) is 18.3 Å². The second-order valence-electron chi connectivity index (χ2n) is 6.98. The van der Waals surface area contributed by atoms with Crippen LogP contribution < -0.4 is 11.1 Å². The zero-order valence-corrected chi connectivity index (χ0v) is 18.4. The van der Waals surface area contributed by atoms with E-state index in [1.54, 1.807) is 31.3 Å². The molecule has 3 rings (SSSR count). The van der Waals surface area contributed by atoms with Gasteiger partial charge >= 0.3 is 7.60 Å². The third-order valence-electron chi connectivity index (χ3n) is 5.39. The van der Waals surface area contributed by atoms with Gasteiger partial charge in [0.2, 0.25) is 0 Å². The minimum Gasteiger partial charge on any atom is -0.397 e. The Kier molecular flexibility index (Phi) is 6.43. The van der Waals surface area contributed by atoms with Gasteiger partial charge in [-0.2, -0.15) is 11.3 Å². The van der Waals surface area contributed by atoms with E-state index in [2.05, 4.69) is 10.3 Å². The second-order valence-corrected chi connectivity index (χ2v) is 9.71. The summed E-state index contributed by atoms with van der Waals surface area (Å²) in [4.78, 5) is 36.7. The number of nitrogens with zero attached hydrogens (tertiary/aromatic N) is 1. The molecular weight excluding hydrogens is 421 g/mol. The molecular formula is C21H24N3O4PS. The van der Waals surface area contributed by atoms with Gasteiger partial charge in [0.1, 0.15) is 5.16 Å². The summed E-state index contributed by atoms with van der Waals surface area (Å²) in [5.41, 5.74) is 9.46. The Bertz CT molecular complexity index is 1070. The lowest BCUT2D eigenvalue weighted by atomic mass is 9.97. The molecule has 0 saturated heterocycles. The van der Waals surface area contributed by atoms with Crippen LogP contribution in [0.4, 0.5) is 11.4 Å². The Morgan fingerprint density at radius 3 is 2.43 bits per heavy atom. The number of amides is 1. The number of benzene rings is 1. The van der Waals surface area contributed by atoms with Crippen LogP contribution in [0.5, 0.6) is 0 Å². The molecule has 0 fully saturated rings. The number of nitrogens with one attached hydrogen (secondary N) is 1. The number of nitrogens with two attached hydrogens (primary N) is 1. The standard InChI is InChI=1S/C21H24N3O4PS/c1-3-21(4-2,29(26,27)28)19-8-6-15(12-23-19)20(25)24-18-11-14(5-7-17(18)22)16-9-10-30-13-16/h5-13H,3-4,22H2,1-2H3,(H,24,25)(H2,26,27,28). The molecule has 0 aliphatic carbocycles. The molecule has 3 aromatic rings. The zero-order valence-electron chi connectivity index (χ0n) is 16.7. The minimum absolute atomic E-state index is 0.234. The zero-order chi connectivity index (χ0) is 21.9. The van der Waals surface area contributed by atoms with Crippen molar-refractivity contribution in [2.75, 3.05) is 11.1 Å². The lowest BCUT2D eigenvalue weighted by Crippen LogP contribution is -2.26. The molecule has 0 aliphatic rings. The fourth-order valence-electron chi connectivity index (χ4n) is 3.44. The van der Waals surface area contributed by atoms with Crippen molar-refractivity contribution < 1.29 is 19.1 Å². The third kappa shape index (κ3) is 4.18. The van der Waals surface area contributed by atoms with Gasteiger partial charge in [0.25, 0.3) is 5.91 Å². The monoisotopic (exact) mass is 445 g/mol. The molecule has 0 unspecified atom stereocenters. The predicted molar refractivity (Wildman–Crippen MR) is 121 cm³/mol. The molecule has 0 aliphatic heterocycles. The Hall–Kier alpha value is -2.51. The predicted octanol–water partition coefficient (Wildman–Crippen LogP) is 4.84. The highest BCUT2D eigenvalue weighted by Crippen LogP contribution is 2.60. The summed E-state index contributed by atoms with van der Waals surface area (Å²) in [5.74, 6) is -0.405. The smallest absolute Gasteiger partial charge is 0.337 e. The molecule has 2 aromatic heterocycles. The quantitative estimate of drug-likeness (QED) is 0.305. The highest BCUT2D eigenvalue weighted by Gasteiger charge is 2.46. The van der Waals surface area contributed by atoms with E-state index in [1.807, 2.05) is 29.0 Å². The Balaban J connectivity index is 1.85. The van der Waals surface area contributed by atoms with Gasteiger partial charge in [-0.25, -0.2) is 0 Å². The number of rotatable bonds is 7. The maximum absolute atomic E-state index is 12.7. The van der Waals surface area contributed by atoms with Crippen LogP contribution in [-0.2, 0) is 9.72 Å². The van der Waals surface area contributed by atoms with Crippen LogP contribution in [-0.4, -0.2) is 20.7 Å². The molecule has 0 bridgehead atoms. The van der Waals surface area contributed by atoms with Crippen LogP contribution in [0.25, 0.3) is 11.1 Å². The van der Waals surface area contributed by atoms with E-state index in [9.17, 15) is 19.1 Å². The summed E-state index contributed by atoms with van der Waals surface area (Å²) < 4.78 is 12.1. The fourth-order valence-corrected chi connectivity index (χ4v) is 5.36. The molecule has 2 heterocycles. The SMILES string of the molecule is CCC(CC)(c1ccc(C(=O)Nc2cc(-c3ccsc3)ccc2N)cn1)P(=O)(O)O. The molecule has 0 saturated carbocycles. The highest BCUT2D eigenvalue weighted by atomic mass is 32.1. The van der Waals surface area contributed by atoms with Crippen molar-refractivity contribution in [1.29, 1.82) is 0 Å². The van der Waals surface area contributed by atoms with Gasteiger partial charge in [-0.15, -0.1) is 0 Å². The lowest BCUT2D eigenvalue weighted by molar-refractivity contribution is 0.102. The van der Waals surface area contributed by atoms with E-state index < -0.39 is 18.7 Å². The number of thiophene rings is 1. The lowest BCUT2D eigenvalue weighted by Gasteiger charge is -2.31. The van der Waals surface area contributed by atoms with Crippen molar-refractivity contribution in [2.24, 2.45) is 0 Å². The molecule has 1 amide bonds. The first-order valence-corrected chi connectivity index (χ1v) is 12.0. The first kappa shape index (κ1) is 22.2. The average molecular weight is 445 g/mol. The molecule has 0 atom stereocenters. The molecule has 0 radical (unpaired) electrons. The summed E-state index contributed by atoms with van der Waals surface area (Å²) in [7, 11) is -4.44. The van der Waals surface area contributed by atoms with Gasteiger partial charge < -0.3 is 20.8 Å². The van der Waals surface area contributed by atoms with Gasteiger partial charge in [0.05, 0.1) is 22.6 Å². The van der Waals surface area contributed by atoms with Crippen LogP contribution in [0.15, 0.2) is 53.4 Å². The van der Waals surface area contributed by atoms with Gasteiger partial charge in [0, 0.05) is 6.20 Å². The Morgan fingerprint density at radius 1 is 1.17 bits per heavy atom. The molecule has 158 valence electrons. The van der Waals surface area contributed by atoms with Crippen molar-refractivity contribution >= 4 is 36.2 Å². The Labute approximate surface area is 179 Å². The normalized spacial score (nSPS) is 12.0. The first-order chi connectivity index (χ1) is 14.2. The highest BCUT2D eigenvalue weighted by molar-refractivity contribution is 7.53. The largest absolute Gasteiger partial charge is 0.397 e. The van der Waals surface area contributed by atoms with Gasteiger partial charge in [0.15, 0.2) is 0 Å². The van der Waals surface area contributed by atoms with E-state index in [0.717, 1.165) is 11.1 Å². The molecule has 30 heavy (non-hydrogen) atoms. The topological polar surface area (TPSA) is 126 Å². The minimum atomic E-state index is -4.44. The second kappa shape index (κ2) is 8.70. The Morgan fingerprint density at radius 2 is 1.90 bits per heavy atom. The van der Waals surface area contributed by atoms with Crippen molar-refractivity contribution in [1.82, 2.24) is 4.98 Å². The van der Waals surface area contributed by atoms with Crippen LogP contribution in [0.1, 0.15) is 42.7 Å². The van der Waals surface area contributed by atoms with Crippen molar-refractivity contribution in [2.45, 2.75) is 31.8 Å². The summed E-state index contributed by atoms with van der Waals surface area (Å²) in [6, 6.07) is 10.4. The average Bonchev–Trinajstić information content (AvgIpc) is 3.25. The molecule has 7 nitrogen and oxygen atoms in total. The van der Waals surface area contributed by atoms with Crippen molar-refractivity contribution in [3.8, 4) is 11.1 Å². The molecule has 0 spiro atoms. The van der Waals surface area contributed by atoms with Gasteiger partial charge in [-0.3, -0.25) is 14.3 Å². The summed E-state index contributed by atoms with van der Waals surface area (Å²) in [6.07, 6.45) is 1.80. The van der Waals surface area contributed by atoms with E-state index in [4.69, 9.17) is 5.73 Å². The summed E-state index contributed by atoms with van der Waals surface area (Å²) in [6.45, 7) is 3.43. The molecule has 5 N–H and O–H groups in total. The number of aromatic nitrogens is 1. The number of hydrogen-bond donors (Lipinski definition) is 4. The van der Waals surface area contributed by atoms with Gasteiger partial charge in [-0.1, -0.05) is 19.9 Å². The summed E-state index contributed by atoms with van der Waals surface area (Å²) >= 11 is 1.58. The van der Waals surface area contributed by atoms with Crippen LogP contribution in [0.3, 0.4) is 0 Å².